The van der Waals surface area contributed by atoms with E-state index < -0.39 is 13.9 Å². The van der Waals surface area contributed by atoms with Crippen LogP contribution in [0.2, 0.25) is 19.6 Å². The van der Waals surface area contributed by atoms with E-state index in [1.807, 2.05) is 36.4 Å². The van der Waals surface area contributed by atoms with Gasteiger partial charge in [-0.3, -0.25) is 9.69 Å². The van der Waals surface area contributed by atoms with Crippen molar-refractivity contribution in [2.45, 2.75) is 47.8 Å². The maximum atomic E-state index is 14.7. The van der Waals surface area contributed by atoms with Gasteiger partial charge in [0.05, 0.1) is 18.8 Å². The highest BCUT2D eigenvalue weighted by Crippen LogP contribution is 2.34. The Morgan fingerprint density at radius 2 is 1.24 bits per heavy atom. The van der Waals surface area contributed by atoms with Gasteiger partial charge in [-0.1, -0.05) is 84.6 Å². The summed E-state index contributed by atoms with van der Waals surface area (Å²) >= 11 is 1.69. The predicted octanol–water partition coefficient (Wildman–Crippen LogP) is 7.79. The summed E-state index contributed by atoms with van der Waals surface area (Å²) in [5, 5.41) is 0. The molecule has 0 saturated carbocycles. The van der Waals surface area contributed by atoms with Crippen LogP contribution in [-0.2, 0) is 17.6 Å². The lowest BCUT2D eigenvalue weighted by molar-refractivity contribution is -0.0151. The fourth-order valence-corrected chi connectivity index (χ4v) is 7.12. The van der Waals surface area contributed by atoms with Crippen LogP contribution in [0.15, 0.2) is 119 Å². The minimum Gasteiger partial charge on any atom is -0.544 e. The molecule has 0 amide bonds. The van der Waals surface area contributed by atoms with E-state index in [9.17, 15) is 4.79 Å². The van der Waals surface area contributed by atoms with Crippen LogP contribution in [0, 0.1) is 0 Å². The number of nitrogens with zero attached hydrogens (tertiary/aromatic N) is 1. The Bertz CT molecular complexity index is 1360. The van der Waals surface area contributed by atoms with Gasteiger partial charge in [-0.15, -0.1) is 0 Å². The molecule has 0 aliphatic carbocycles. The first kappa shape index (κ1) is 29.3. The number of carbonyl (C=O) groups is 1. The molecule has 41 heavy (non-hydrogen) atoms. The molecule has 4 aromatic carbocycles. The highest BCUT2D eigenvalue weighted by atomic mass is 32.2. The van der Waals surface area contributed by atoms with Gasteiger partial charge in [0.15, 0.2) is 5.78 Å². The summed E-state index contributed by atoms with van der Waals surface area (Å²) in [4.78, 5) is 19.3. The average Bonchev–Trinajstić information content (AvgIpc) is 2.99. The van der Waals surface area contributed by atoms with Crippen LogP contribution >= 0.6 is 11.8 Å². The van der Waals surface area contributed by atoms with E-state index in [1.54, 1.807) is 11.8 Å². The van der Waals surface area contributed by atoms with E-state index in [-0.39, 0.29) is 5.78 Å². The fraction of sp³-hybridized carbons (Fsp3) is 0.286. The summed E-state index contributed by atoms with van der Waals surface area (Å²) < 4.78 is 11.8. The summed E-state index contributed by atoms with van der Waals surface area (Å²) in [6.07, 6.45) is 1.29. The molecular formula is C35H39NO3SSi. The molecule has 0 radical (unpaired) electrons. The monoisotopic (exact) mass is 581 g/mol. The molecule has 212 valence electrons. The molecule has 6 heteroatoms. The van der Waals surface area contributed by atoms with Gasteiger partial charge >= 0.3 is 0 Å². The Morgan fingerprint density at radius 1 is 0.756 bits per heavy atom. The number of carbonyl (C=O) groups excluding carboxylic acids is 1. The number of ether oxygens (including phenoxy) is 1. The molecule has 1 heterocycles. The number of hydrogen-bond donors (Lipinski definition) is 0. The first-order valence-electron chi connectivity index (χ1n) is 14.3. The van der Waals surface area contributed by atoms with Crippen LogP contribution in [0.1, 0.15) is 21.5 Å². The maximum Gasteiger partial charge on any atom is 0.242 e. The van der Waals surface area contributed by atoms with E-state index in [1.165, 1.54) is 0 Å². The number of benzene rings is 4. The first-order chi connectivity index (χ1) is 19.8. The Morgan fingerprint density at radius 3 is 1.73 bits per heavy atom. The van der Waals surface area contributed by atoms with Crippen molar-refractivity contribution in [1.82, 2.24) is 4.90 Å². The summed E-state index contributed by atoms with van der Waals surface area (Å²) in [7, 11) is -1.63. The lowest BCUT2D eigenvalue weighted by Crippen LogP contribution is -2.60. The predicted molar refractivity (Wildman–Crippen MR) is 171 cm³/mol. The van der Waals surface area contributed by atoms with Crippen LogP contribution < -0.4 is 4.43 Å². The molecule has 0 aromatic heterocycles. The van der Waals surface area contributed by atoms with Crippen molar-refractivity contribution >= 4 is 25.9 Å². The van der Waals surface area contributed by atoms with Gasteiger partial charge in [0.25, 0.3) is 0 Å². The van der Waals surface area contributed by atoms with Gasteiger partial charge in [0.1, 0.15) is 5.75 Å². The summed E-state index contributed by atoms with van der Waals surface area (Å²) in [6, 6.07) is 37.2. The molecule has 4 aromatic rings. The fourth-order valence-electron chi connectivity index (χ4n) is 5.46. The maximum absolute atomic E-state index is 14.7. The molecule has 1 aliphatic rings. The number of rotatable bonds is 11. The molecule has 0 spiro atoms. The van der Waals surface area contributed by atoms with Crippen LogP contribution in [-0.4, -0.2) is 50.8 Å². The lowest BCUT2D eigenvalue weighted by atomic mass is 9.77. The van der Waals surface area contributed by atoms with Crippen LogP contribution in [0.25, 0.3) is 0 Å². The van der Waals surface area contributed by atoms with Crippen LogP contribution in [0.5, 0.6) is 5.75 Å². The summed E-state index contributed by atoms with van der Waals surface area (Å²) in [6.45, 7) is 9.29. The minimum absolute atomic E-state index is 0.163. The molecule has 0 N–H and O–H groups in total. The molecule has 0 bridgehead atoms. The zero-order valence-electron chi connectivity index (χ0n) is 24.2. The molecule has 1 fully saturated rings. The largest absolute Gasteiger partial charge is 0.544 e. The first-order valence-corrected chi connectivity index (χ1v) is 18.6. The second kappa shape index (κ2) is 13.2. The Kier molecular flexibility index (Phi) is 9.45. The summed E-state index contributed by atoms with van der Waals surface area (Å²) in [5.41, 5.74) is 2.36. The molecule has 0 atom stereocenters. The van der Waals surface area contributed by atoms with Gasteiger partial charge in [-0.25, -0.2) is 0 Å². The summed E-state index contributed by atoms with van der Waals surface area (Å²) in [5.74, 6) is 1.09. The standard InChI is InChI=1S/C35H39NO3SSi/c1-41(2,3)39-31-16-20-33(21-17-31)40-32-18-14-30(15-19-32)34(37)35(36-22-24-38-25-23-36,26-28-10-6-4-7-11-28)27-29-12-8-5-9-13-29/h4-21H,22-27H2,1-3H3. The molecule has 1 saturated heterocycles. The molecule has 0 unspecified atom stereocenters. The normalized spacial score (nSPS) is 14.5. The van der Waals surface area contributed by atoms with Crippen LogP contribution in [0.4, 0.5) is 0 Å². The number of hydrogen-bond acceptors (Lipinski definition) is 5. The van der Waals surface area contributed by atoms with Crippen molar-refractivity contribution in [3.63, 3.8) is 0 Å². The average molecular weight is 582 g/mol. The van der Waals surface area contributed by atoms with Gasteiger partial charge in [0, 0.05) is 28.4 Å². The third-order valence-corrected chi connectivity index (χ3v) is 9.18. The van der Waals surface area contributed by atoms with E-state index in [0.717, 1.165) is 45.3 Å². The van der Waals surface area contributed by atoms with Gasteiger partial charge < -0.3 is 9.16 Å². The van der Waals surface area contributed by atoms with Crippen molar-refractivity contribution in [1.29, 1.82) is 0 Å². The van der Waals surface area contributed by atoms with Crippen molar-refractivity contribution < 1.29 is 14.0 Å². The second-order valence-electron chi connectivity index (χ2n) is 11.6. The molecular weight excluding hydrogens is 543 g/mol. The highest BCUT2D eigenvalue weighted by molar-refractivity contribution is 7.99. The van der Waals surface area contributed by atoms with Gasteiger partial charge in [-0.05, 0) is 80.0 Å². The van der Waals surface area contributed by atoms with Gasteiger partial charge in [-0.2, -0.15) is 0 Å². The van der Waals surface area contributed by atoms with Crippen molar-refractivity contribution in [2.75, 3.05) is 26.3 Å². The van der Waals surface area contributed by atoms with Crippen molar-refractivity contribution in [2.24, 2.45) is 0 Å². The number of Topliss-reactive ketones (excluding diaryl/α,β-unsaturated/α-hetero) is 1. The number of ketones is 1. The van der Waals surface area contributed by atoms with Crippen LogP contribution in [0.3, 0.4) is 0 Å². The van der Waals surface area contributed by atoms with Gasteiger partial charge in [0.2, 0.25) is 8.32 Å². The molecule has 1 aliphatic heterocycles. The third kappa shape index (κ3) is 7.77. The van der Waals surface area contributed by atoms with E-state index >= 15 is 0 Å². The number of morpholine rings is 1. The van der Waals surface area contributed by atoms with E-state index in [0.29, 0.717) is 26.1 Å². The SMILES string of the molecule is C[Si](C)(C)Oc1ccc(Sc2ccc(C(=O)C(Cc3ccccc3)(Cc3ccccc3)N3CCOCC3)cc2)cc1. The zero-order valence-corrected chi connectivity index (χ0v) is 26.0. The molecule has 4 nitrogen and oxygen atoms in total. The highest BCUT2D eigenvalue weighted by Gasteiger charge is 2.45. The Hall–Kier alpha value is -3.16. The Balaban J connectivity index is 1.43. The van der Waals surface area contributed by atoms with Crippen molar-refractivity contribution in [3.8, 4) is 5.75 Å². The van der Waals surface area contributed by atoms with E-state index in [4.69, 9.17) is 9.16 Å². The Labute approximate surface area is 249 Å². The van der Waals surface area contributed by atoms with E-state index in [2.05, 4.69) is 97.3 Å². The smallest absolute Gasteiger partial charge is 0.242 e. The topological polar surface area (TPSA) is 38.8 Å². The second-order valence-corrected chi connectivity index (χ2v) is 17.2. The lowest BCUT2D eigenvalue weighted by Gasteiger charge is -2.45. The zero-order chi connectivity index (χ0) is 28.7. The third-order valence-electron chi connectivity index (χ3n) is 7.32. The molecule has 5 rings (SSSR count). The quantitative estimate of drug-likeness (QED) is 0.134. The van der Waals surface area contributed by atoms with Crippen molar-refractivity contribution in [3.05, 3.63) is 126 Å². The minimum atomic E-state index is -1.63.